The normalized spacial score (nSPS) is 17.7. The van der Waals surface area contributed by atoms with Crippen LogP contribution in [0.5, 0.6) is 0 Å². The van der Waals surface area contributed by atoms with Gasteiger partial charge in [0, 0.05) is 6.54 Å². The molecule has 1 unspecified atom stereocenters. The van der Waals surface area contributed by atoms with E-state index < -0.39 is 11.7 Å². The highest BCUT2D eigenvalue weighted by molar-refractivity contribution is 5.76. The summed E-state index contributed by atoms with van der Waals surface area (Å²) in [5.74, 6) is -0.0793. The molecule has 0 bridgehead atoms. The molecule has 6 heteroatoms. The number of nitrogens with two attached hydrogens (primary N) is 1. The van der Waals surface area contributed by atoms with E-state index in [9.17, 15) is 13.2 Å². The molecule has 0 radical (unpaired) electrons. The van der Waals surface area contributed by atoms with Gasteiger partial charge in [0.25, 0.3) is 0 Å². The first-order valence-corrected chi connectivity index (χ1v) is 7.23. The molecule has 2 aromatic rings. The molecule has 1 heterocycles. The van der Waals surface area contributed by atoms with Gasteiger partial charge < -0.3 is 10.6 Å². The van der Waals surface area contributed by atoms with E-state index in [1.165, 1.54) is 12.1 Å². The number of hydrogen-bond donors (Lipinski definition) is 2. The highest BCUT2D eigenvalue weighted by Gasteiger charge is 2.32. The first-order chi connectivity index (χ1) is 10.9. The van der Waals surface area contributed by atoms with Crippen LogP contribution in [0.1, 0.15) is 28.3 Å². The van der Waals surface area contributed by atoms with Crippen molar-refractivity contribution in [3.05, 3.63) is 70.8 Å². The molecule has 3 N–H and O–H groups in total. The van der Waals surface area contributed by atoms with Gasteiger partial charge in [-0.3, -0.25) is 5.41 Å². The Morgan fingerprint density at radius 1 is 1.09 bits per heavy atom. The average Bonchev–Trinajstić information content (AvgIpc) is 2.53. The van der Waals surface area contributed by atoms with E-state index in [4.69, 9.17) is 11.1 Å². The van der Waals surface area contributed by atoms with Crippen LogP contribution in [0.25, 0.3) is 0 Å². The van der Waals surface area contributed by atoms with Gasteiger partial charge in [0.15, 0.2) is 5.96 Å². The van der Waals surface area contributed by atoms with E-state index in [0.29, 0.717) is 12.1 Å². The standard InChI is InChI=1S/C17H16F3N3/c18-17(19,20)13-7-5-12(6-8-13)15-14-4-2-1-3-11(14)9-10-23(15)16(21)22/h1-8,15H,9-10H2,(H3,21,22). The summed E-state index contributed by atoms with van der Waals surface area (Å²) >= 11 is 0. The predicted molar refractivity (Wildman–Crippen MR) is 82.1 cm³/mol. The third-order valence-corrected chi connectivity index (χ3v) is 4.15. The Kier molecular flexibility index (Phi) is 3.75. The summed E-state index contributed by atoms with van der Waals surface area (Å²) in [7, 11) is 0. The number of hydrogen-bond acceptors (Lipinski definition) is 1. The van der Waals surface area contributed by atoms with E-state index >= 15 is 0 Å². The summed E-state index contributed by atoms with van der Waals surface area (Å²) in [5, 5.41) is 7.78. The minimum Gasteiger partial charge on any atom is -0.370 e. The van der Waals surface area contributed by atoms with Crippen LogP contribution in [0.4, 0.5) is 13.2 Å². The second-order valence-corrected chi connectivity index (χ2v) is 5.55. The number of benzene rings is 2. The van der Waals surface area contributed by atoms with Gasteiger partial charge in [-0.05, 0) is 35.2 Å². The molecule has 3 nitrogen and oxygen atoms in total. The highest BCUT2D eigenvalue weighted by Crippen LogP contribution is 2.36. The third-order valence-electron chi connectivity index (χ3n) is 4.15. The maximum absolute atomic E-state index is 12.7. The molecule has 0 saturated heterocycles. The lowest BCUT2D eigenvalue weighted by Crippen LogP contribution is -2.44. The monoisotopic (exact) mass is 319 g/mol. The van der Waals surface area contributed by atoms with Crippen LogP contribution >= 0.6 is 0 Å². The van der Waals surface area contributed by atoms with E-state index in [2.05, 4.69) is 0 Å². The van der Waals surface area contributed by atoms with Crippen LogP contribution in [-0.2, 0) is 12.6 Å². The Bertz CT molecular complexity index is 723. The van der Waals surface area contributed by atoms with Crippen LogP contribution < -0.4 is 5.73 Å². The van der Waals surface area contributed by atoms with Crippen molar-refractivity contribution in [2.75, 3.05) is 6.54 Å². The van der Waals surface area contributed by atoms with Gasteiger partial charge in [-0.1, -0.05) is 36.4 Å². The van der Waals surface area contributed by atoms with Crippen molar-refractivity contribution in [1.29, 1.82) is 5.41 Å². The number of guanidine groups is 1. The predicted octanol–water partition coefficient (Wildman–Crippen LogP) is 3.55. The Morgan fingerprint density at radius 2 is 1.74 bits per heavy atom. The average molecular weight is 319 g/mol. The minimum absolute atomic E-state index is 0.0793. The van der Waals surface area contributed by atoms with Crippen LogP contribution in [0, 0.1) is 5.41 Å². The smallest absolute Gasteiger partial charge is 0.370 e. The third kappa shape index (κ3) is 2.88. The summed E-state index contributed by atoms with van der Waals surface area (Å²) in [6.07, 6.45) is -3.60. The summed E-state index contributed by atoms with van der Waals surface area (Å²) in [5.41, 5.74) is 7.81. The maximum atomic E-state index is 12.7. The highest BCUT2D eigenvalue weighted by atomic mass is 19.4. The second-order valence-electron chi connectivity index (χ2n) is 5.55. The van der Waals surface area contributed by atoms with Crippen LogP contribution in [0.15, 0.2) is 48.5 Å². The molecule has 2 aromatic carbocycles. The van der Waals surface area contributed by atoms with Crippen LogP contribution in [0.2, 0.25) is 0 Å². The lowest BCUT2D eigenvalue weighted by Gasteiger charge is -2.38. The van der Waals surface area contributed by atoms with Gasteiger partial charge in [0.2, 0.25) is 0 Å². The molecule has 1 aliphatic rings. The first-order valence-electron chi connectivity index (χ1n) is 7.23. The number of fused-ring (bicyclic) bond motifs is 1. The van der Waals surface area contributed by atoms with Crippen molar-refractivity contribution in [2.24, 2.45) is 5.73 Å². The zero-order valence-electron chi connectivity index (χ0n) is 12.3. The molecule has 0 aromatic heterocycles. The lowest BCUT2D eigenvalue weighted by molar-refractivity contribution is -0.137. The van der Waals surface area contributed by atoms with E-state index in [1.807, 2.05) is 24.3 Å². The van der Waals surface area contributed by atoms with E-state index in [-0.39, 0.29) is 12.0 Å². The molecular formula is C17H16F3N3. The molecule has 0 aliphatic carbocycles. The Hall–Kier alpha value is -2.50. The van der Waals surface area contributed by atoms with Crippen molar-refractivity contribution in [3.8, 4) is 0 Å². The van der Waals surface area contributed by atoms with Crippen molar-refractivity contribution < 1.29 is 13.2 Å². The number of rotatable bonds is 1. The fourth-order valence-electron chi connectivity index (χ4n) is 3.04. The molecule has 1 atom stereocenters. The zero-order valence-corrected chi connectivity index (χ0v) is 12.3. The van der Waals surface area contributed by atoms with Gasteiger partial charge >= 0.3 is 6.18 Å². The molecule has 0 fully saturated rings. The molecule has 0 amide bonds. The van der Waals surface area contributed by atoms with Gasteiger partial charge in [0.05, 0.1) is 11.6 Å². The fourth-order valence-corrected chi connectivity index (χ4v) is 3.04. The van der Waals surface area contributed by atoms with E-state index in [0.717, 1.165) is 29.7 Å². The molecule has 3 rings (SSSR count). The lowest BCUT2D eigenvalue weighted by atomic mass is 9.88. The topological polar surface area (TPSA) is 53.1 Å². The molecule has 0 spiro atoms. The molecule has 1 aliphatic heterocycles. The van der Waals surface area contributed by atoms with Crippen molar-refractivity contribution >= 4 is 5.96 Å². The quantitative estimate of drug-likeness (QED) is 0.624. The summed E-state index contributed by atoms with van der Waals surface area (Å²) in [4.78, 5) is 1.71. The van der Waals surface area contributed by atoms with Crippen molar-refractivity contribution in [2.45, 2.75) is 18.6 Å². The number of alkyl halides is 3. The van der Waals surface area contributed by atoms with Gasteiger partial charge in [-0.25, -0.2) is 0 Å². The van der Waals surface area contributed by atoms with Crippen molar-refractivity contribution in [3.63, 3.8) is 0 Å². The number of halogens is 3. The number of nitrogens with one attached hydrogen (secondary N) is 1. The molecule has 120 valence electrons. The largest absolute Gasteiger partial charge is 0.416 e. The minimum atomic E-state index is -4.36. The van der Waals surface area contributed by atoms with Crippen LogP contribution in [0.3, 0.4) is 0 Å². The fraction of sp³-hybridized carbons (Fsp3) is 0.235. The number of nitrogens with zero attached hydrogens (tertiary/aromatic N) is 1. The summed E-state index contributed by atoms with van der Waals surface area (Å²) in [6.45, 7) is 0.567. The molecule has 0 saturated carbocycles. The first kappa shape index (κ1) is 15.4. The molecular weight excluding hydrogens is 303 g/mol. The SMILES string of the molecule is N=C(N)N1CCc2ccccc2C1c1ccc(C(F)(F)F)cc1. The Labute approximate surface area is 132 Å². The van der Waals surface area contributed by atoms with Gasteiger partial charge in [-0.2, -0.15) is 13.2 Å². The summed E-state index contributed by atoms with van der Waals surface area (Å²) in [6, 6.07) is 12.5. The maximum Gasteiger partial charge on any atom is 0.416 e. The molecule has 23 heavy (non-hydrogen) atoms. The summed E-state index contributed by atoms with van der Waals surface area (Å²) < 4.78 is 38.2. The van der Waals surface area contributed by atoms with Gasteiger partial charge in [0.1, 0.15) is 0 Å². The van der Waals surface area contributed by atoms with Gasteiger partial charge in [-0.15, -0.1) is 0 Å². The second kappa shape index (κ2) is 5.61. The Balaban J connectivity index is 2.05. The van der Waals surface area contributed by atoms with Crippen LogP contribution in [-0.4, -0.2) is 17.4 Å². The van der Waals surface area contributed by atoms with E-state index in [1.54, 1.807) is 4.90 Å². The zero-order chi connectivity index (χ0) is 16.6. The Morgan fingerprint density at radius 3 is 2.35 bits per heavy atom. The van der Waals surface area contributed by atoms with Crippen molar-refractivity contribution in [1.82, 2.24) is 4.90 Å².